The lowest BCUT2D eigenvalue weighted by Gasteiger charge is -2.15. The van der Waals surface area contributed by atoms with Crippen molar-refractivity contribution in [2.45, 2.75) is 43.4 Å². The lowest BCUT2D eigenvalue weighted by molar-refractivity contribution is 0.0938. The quantitative estimate of drug-likeness (QED) is 0.429. The summed E-state index contributed by atoms with van der Waals surface area (Å²) in [6.07, 6.45) is 1.85. The normalized spacial score (nSPS) is 11.7. The third-order valence-corrected chi connectivity index (χ3v) is 6.11. The maximum atomic E-state index is 12.8. The third-order valence-electron chi connectivity index (χ3n) is 5.04. The molecule has 1 atom stereocenters. The summed E-state index contributed by atoms with van der Waals surface area (Å²) in [6.45, 7) is 4.14. The Morgan fingerprint density at radius 3 is 2.47 bits per heavy atom. The lowest BCUT2D eigenvalue weighted by Crippen LogP contribution is -2.32. The van der Waals surface area contributed by atoms with Crippen LogP contribution in [0.4, 0.5) is 0 Å². The zero-order valence-corrected chi connectivity index (χ0v) is 18.7. The molecular weight excluding hydrogens is 390 g/mol. The van der Waals surface area contributed by atoms with E-state index >= 15 is 0 Å². The second-order valence-corrected chi connectivity index (χ2v) is 8.58. The van der Waals surface area contributed by atoms with Gasteiger partial charge in [0.15, 0.2) is 0 Å². The van der Waals surface area contributed by atoms with Crippen molar-refractivity contribution in [3.05, 3.63) is 95.1 Å². The average Bonchev–Trinajstić information content (AvgIpc) is 2.77. The van der Waals surface area contributed by atoms with Crippen LogP contribution in [0.5, 0.6) is 5.75 Å². The Labute approximate surface area is 183 Å². The Hall–Kier alpha value is -2.72. The second-order valence-electron chi connectivity index (χ2n) is 7.53. The van der Waals surface area contributed by atoms with E-state index in [1.807, 2.05) is 36.4 Å². The van der Waals surface area contributed by atoms with Crippen LogP contribution in [0.15, 0.2) is 77.7 Å². The fourth-order valence-corrected chi connectivity index (χ4v) is 4.11. The molecule has 30 heavy (non-hydrogen) atoms. The highest BCUT2D eigenvalue weighted by molar-refractivity contribution is 7.98. The molecule has 156 valence electrons. The molecule has 0 aliphatic heterocycles. The molecule has 1 amide bonds. The van der Waals surface area contributed by atoms with Crippen molar-refractivity contribution >= 4 is 17.7 Å². The Morgan fingerprint density at radius 2 is 1.77 bits per heavy atom. The van der Waals surface area contributed by atoms with Crippen molar-refractivity contribution in [1.82, 2.24) is 5.32 Å². The predicted molar refractivity (Wildman–Crippen MR) is 125 cm³/mol. The minimum atomic E-state index is -0.0419. The molecule has 0 bridgehead atoms. The van der Waals surface area contributed by atoms with E-state index in [1.54, 1.807) is 18.9 Å². The monoisotopic (exact) mass is 419 g/mol. The maximum Gasteiger partial charge on any atom is 0.251 e. The van der Waals surface area contributed by atoms with Crippen molar-refractivity contribution in [2.24, 2.45) is 0 Å². The highest BCUT2D eigenvalue weighted by Gasteiger charge is 2.13. The summed E-state index contributed by atoms with van der Waals surface area (Å²) in [4.78, 5) is 14.0. The minimum absolute atomic E-state index is 0.0419. The Bertz CT molecular complexity index is 955. The van der Waals surface area contributed by atoms with Crippen LogP contribution < -0.4 is 10.1 Å². The fourth-order valence-electron chi connectivity index (χ4n) is 3.24. The summed E-state index contributed by atoms with van der Waals surface area (Å²) in [5.74, 6) is 1.51. The number of rotatable bonds is 9. The summed E-state index contributed by atoms with van der Waals surface area (Å²) in [5.41, 5.74) is 4.23. The van der Waals surface area contributed by atoms with Crippen molar-refractivity contribution in [1.29, 1.82) is 0 Å². The van der Waals surface area contributed by atoms with Gasteiger partial charge in [-0.25, -0.2) is 0 Å². The largest absolute Gasteiger partial charge is 0.496 e. The van der Waals surface area contributed by atoms with Gasteiger partial charge < -0.3 is 10.1 Å². The highest BCUT2D eigenvalue weighted by atomic mass is 32.2. The van der Waals surface area contributed by atoms with Gasteiger partial charge in [0.2, 0.25) is 0 Å². The first-order chi connectivity index (χ1) is 14.5. The number of aryl methyl sites for hydroxylation is 2. The first-order valence-corrected chi connectivity index (χ1v) is 11.2. The molecule has 3 aromatic carbocycles. The van der Waals surface area contributed by atoms with Gasteiger partial charge in [0, 0.05) is 27.8 Å². The van der Waals surface area contributed by atoms with E-state index < -0.39 is 0 Å². The minimum Gasteiger partial charge on any atom is -0.496 e. The highest BCUT2D eigenvalue weighted by Crippen LogP contribution is 2.29. The van der Waals surface area contributed by atoms with Crippen molar-refractivity contribution < 1.29 is 9.53 Å². The Kier molecular flexibility index (Phi) is 7.97. The number of hydrogen-bond acceptors (Lipinski definition) is 3. The number of amides is 1. The van der Waals surface area contributed by atoms with Crippen LogP contribution in [0.3, 0.4) is 0 Å². The van der Waals surface area contributed by atoms with Gasteiger partial charge in [-0.3, -0.25) is 4.79 Å². The molecule has 0 aliphatic rings. The van der Waals surface area contributed by atoms with Gasteiger partial charge in [0.05, 0.1) is 7.11 Å². The SMILES string of the molecule is COc1ccc(C(=O)N[C@@H](C)CCc2ccccc2)cc1CSc1ccc(C)cc1. The van der Waals surface area contributed by atoms with Crippen LogP contribution in [-0.2, 0) is 12.2 Å². The molecule has 0 aromatic heterocycles. The van der Waals surface area contributed by atoms with E-state index in [-0.39, 0.29) is 11.9 Å². The molecule has 0 heterocycles. The smallest absolute Gasteiger partial charge is 0.251 e. The zero-order valence-electron chi connectivity index (χ0n) is 17.9. The number of carbonyl (C=O) groups excluding carboxylic acids is 1. The van der Waals surface area contributed by atoms with Gasteiger partial charge in [0.1, 0.15) is 5.75 Å². The number of hydrogen-bond donors (Lipinski definition) is 1. The molecule has 0 fully saturated rings. The second kappa shape index (κ2) is 10.9. The van der Waals surface area contributed by atoms with Crippen molar-refractivity contribution in [2.75, 3.05) is 7.11 Å². The van der Waals surface area contributed by atoms with Gasteiger partial charge in [-0.15, -0.1) is 11.8 Å². The van der Waals surface area contributed by atoms with Crippen LogP contribution in [-0.4, -0.2) is 19.1 Å². The van der Waals surface area contributed by atoms with Gasteiger partial charge >= 0.3 is 0 Å². The van der Waals surface area contributed by atoms with Crippen molar-refractivity contribution in [3.8, 4) is 5.75 Å². The molecule has 1 N–H and O–H groups in total. The van der Waals surface area contributed by atoms with Gasteiger partial charge in [-0.1, -0.05) is 48.0 Å². The molecule has 3 nitrogen and oxygen atoms in total. The van der Waals surface area contributed by atoms with E-state index in [1.165, 1.54) is 16.0 Å². The van der Waals surface area contributed by atoms with Crippen molar-refractivity contribution in [3.63, 3.8) is 0 Å². The summed E-state index contributed by atoms with van der Waals surface area (Å²) in [7, 11) is 1.67. The topological polar surface area (TPSA) is 38.3 Å². The number of benzene rings is 3. The molecule has 0 saturated heterocycles. The fraction of sp³-hybridized carbons (Fsp3) is 0.269. The zero-order chi connectivity index (χ0) is 21.3. The molecule has 0 saturated carbocycles. The van der Waals surface area contributed by atoms with Crippen LogP contribution in [0.1, 0.15) is 40.4 Å². The number of methoxy groups -OCH3 is 1. The summed E-state index contributed by atoms with van der Waals surface area (Å²) in [6, 6.07) is 24.6. The molecule has 3 aromatic rings. The van der Waals surface area contributed by atoms with E-state index in [9.17, 15) is 4.79 Å². The third kappa shape index (κ3) is 6.39. The molecule has 0 radical (unpaired) electrons. The first-order valence-electron chi connectivity index (χ1n) is 10.3. The van der Waals surface area contributed by atoms with Crippen LogP contribution >= 0.6 is 11.8 Å². The van der Waals surface area contributed by atoms with E-state index in [4.69, 9.17) is 4.74 Å². The van der Waals surface area contributed by atoms with E-state index in [0.29, 0.717) is 5.56 Å². The number of nitrogens with one attached hydrogen (secondary N) is 1. The predicted octanol–water partition coefficient (Wildman–Crippen LogP) is 6.05. The van der Waals surface area contributed by atoms with Gasteiger partial charge in [0.25, 0.3) is 5.91 Å². The van der Waals surface area contributed by atoms with Crippen LogP contribution in [0, 0.1) is 6.92 Å². The molecule has 0 aliphatic carbocycles. The first kappa shape index (κ1) is 22.0. The molecule has 0 unspecified atom stereocenters. The number of thioether (sulfide) groups is 1. The molecule has 0 spiro atoms. The van der Waals surface area contributed by atoms with Crippen LogP contribution in [0.2, 0.25) is 0 Å². The van der Waals surface area contributed by atoms with E-state index in [0.717, 1.165) is 29.9 Å². The molecule has 3 rings (SSSR count). The number of carbonyl (C=O) groups is 1. The van der Waals surface area contributed by atoms with E-state index in [2.05, 4.69) is 55.6 Å². The lowest BCUT2D eigenvalue weighted by atomic mass is 10.1. The molecular formula is C26H29NO2S. The molecule has 4 heteroatoms. The van der Waals surface area contributed by atoms with Gasteiger partial charge in [-0.05, 0) is 62.6 Å². The Morgan fingerprint density at radius 1 is 1.03 bits per heavy atom. The summed E-state index contributed by atoms with van der Waals surface area (Å²) >= 11 is 1.74. The number of ether oxygens (including phenoxy) is 1. The maximum absolute atomic E-state index is 12.8. The van der Waals surface area contributed by atoms with Crippen LogP contribution in [0.25, 0.3) is 0 Å². The average molecular weight is 420 g/mol. The van der Waals surface area contributed by atoms with Gasteiger partial charge in [-0.2, -0.15) is 0 Å². The Balaban J connectivity index is 1.61. The summed E-state index contributed by atoms with van der Waals surface area (Å²) in [5, 5.41) is 3.12. The summed E-state index contributed by atoms with van der Waals surface area (Å²) < 4.78 is 5.51. The standard InChI is InChI=1S/C26H29NO2S/c1-19-9-14-24(15-10-19)30-18-23-17-22(13-16-25(23)29-3)26(28)27-20(2)11-12-21-7-5-4-6-8-21/h4-10,13-17,20H,11-12,18H2,1-3H3,(H,27,28)/t20-/m0/s1.